The van der Waals surface area contributed by atoms with Crippen LogP contribution in [0.15, 0.2) is 0 Å². The minimum atomic E-state index is -4.51. The van der Waals surface area contributed by atoms with Gasteiger partial charge in [0.25, 0.3) is 0 Å². The third-order valence-corrected chi connectivity index (χ3v) is 2.16. The highest BCUT2D eigenvalue weighted by Crippen LogP contribution is 2.37. The lowest BCUT2D eigenvalue weighted by atomic mass is 9.99. The molecule has 0 aromatic carbocycles. The van der Waals surface area contributed by atoms with Gasteiger partial charge in [-0.1, -0.05) is 0 Å². The summed E-state index contributed by atoms with van der Waals surface area (Å²) in [4.78, 5) is 11.0. The van der Waals surface area contributed by atoms with Crippen LogP contribution in [0.3, 0.4) is 0 Å². The Morgan fingerprint density at radius 3 is 2.50 bits per heavy atom. The Morgan fingerprint density at radius 2 is 2.07 bits per heavy atom. The fourth-order valence-corrected chi connectivity index (χ4v) is 1.56. The van der Waals surface area contributed by atoms with Crippen molar-refractivity contribution in [1.82, 2.24) is 0 Å². The molecule has 3 nitrogen and oxygen atoms in total. The van der Waals surface area contributed by atoms with Crippen molar-refractivity contribution in [2.24, 2.45) is 5.92 Å². The number of hydrogen-bond acceptors (Lipinski definition) is 3. The number of alkyl halides is 3. The molecule has 0 amide bonds. The molecule has 0 N–H and O–H groups in total. The van der Waals surface area contributed by atoms with Gasteiger partial charge in [0.1, 0.15) is 0 Å². The highest BCUT2D eigenvalue weighted by atomic mass is 19.4. The van der Waals surface area contributed by atoms with Crippen molar-refractivity contribution in [2.45, 2.75) is 31.7 Å². The quantitative estimate of drug-likeness (QED) is 0.618. The fourth-order valence-electron chi connectivity index (χ4n) is 1.56. The van der Waals surface area contributed by atoms with Crippen LogP contribution in [0.25, 0.3) is 0 Å². The number of carbonyl (C=O) groups excluding carboxylic acids is 1. The molecule has 1 aliphatic heterocycles. The van der Waals surface area contributed by atoms with Crippen molar-refractivity contribution in [2.75, 3.05) is 7.11 Å². The maximum atomic E-state index is 12.3. The van der Waals surface area contributed by atoms with E-state index >= 15 is 0 Å². The molecule has 0 spiro atoms. The zero-order chi connectivity index (χ0) is 10.9. The molecule has 1 saturated heterocycles. The van der Waals surface area contributed by atoms with Gasteiger partial charge in [0.05, 0.1) is 19.1 Å². The summed E-state index contributed by atoms with van der Waals surface area (Å²) in [7, 11) is 1.07. The van der Waals surface area contributed by atoms with E-state index in [1.165, 1.54) is 6.92 Å². The van der Waals surface area contributed by atoms with Crippen molar-refractivity contribution in [3.63, 3.8) is 0 Å². The lowest BCUT2D eigenvalue weighted by Gasteiger charge is -2.19. The molecule has 1 rings (SSSR count). The zero-order valence-corrected chi connectivity index (χ0v) is 7.80. The number of rotatable bonds is 1. The molecule has 1 fully saturated rings. The summed E-state index contributed by atoms with van der Waals surface area (Å²) >= 11 is 0. The largest absolute Gasteiger partial charge is 0.469 e. The summed E-state index contributed by atoms with van der Waals surface area (Å²) < 4.78 is 46.0. The number of ether oxygens (including phenoxy) is 2. The summed E-state index contributed by atoms with van der Waals surface area (Å²) in [6.45, 7) is 1.50. The van der Waals surface area contributed by atoms with E-state index < -0.39 is 30.3 Å². The molecule has 0 radical (unpaired) electrons. The van der Waals surface area contributed by atoms with E-state index in [-0.39, 0.29) is 6.42 Å². The summed E-state index contributed by atoms with van der Waals surface area (Å²) in [6, 6.07) is 0. The molecular weight excluding hydrogens is 201 g/mol. The molecule has 0 saturated carbocycles. The molecule has 6 heteroatoms. The predicted octanol–water partition coefficient (Wildman–Crippen LogP) is 1.52. The SMILES string of the molecule is COC(=O)[C@H]1C[C@H](C)O[C@@H]1C(F)(F)F. The molecule has 1 aliphatic rings. The molecule has 0 aliphatic carbocycles. The summed E-state index contributed by atoms with van der Waals surface area (Å²) in [5.74, 6) is -2.09. The average Bonchev–Trinajstić information content (AvgIpc) is 2.45. The Hall–Kier alpha value is -0.780. The van der Waals surface area contributed by atoms with Gasteiger partial charge in [-0.2, -0.15) is 13.2 Å². The monoisotopic (exact) mass is 212 g/mol. The number of hydrogen-bond donors (Lipinski definition) is 0. The van der Waals surface area contributed by atoms with Gasteiger partial charge < -0.3 is 9.47 Å². The third-order valence-electron chi connectivity index (χ3n) is 2.16. The van der Waals surface area contributed by atoms with Gasteiger partial charge in [-0.25, -0.2) is 0 Å². The van der Waals surface area contributed by atoms with Gasteiger partial charge in [0.15, 0.2) is 6.10 Å². The highest BCUT2D eigenvalue weighted by molar-refractivity contribution is 5.73. The first-order chi connectivity index (χ1) is 6.36. The van der Waals surface area contributed by atoms with Gasteiger partial charge in [-0.15, -0.1) is 0 Å². The molecule has 0 unspecified atom stereocenters. The van der Waals surface area contributed by atoms with Gasteiger partial charge >= 0.3 is 12.1 Å². The number of halogens is 3. The van der Waals surface area contributed by atoms with Gasteiger partial charge in [0.2, 0.25) is 0 Å². The Bertz CT molecular complexity index is 226. The van der Waals surface area contributed by atoms with E-state index in [9.17, 15) is 18.0 Å². The minimum absolute atomic E-state index is 0.0524. The first kappa shape index (κ1) is 11.3. The van der Waals surface area contributed by atoms with Crippen LogP contribution in [0.5, 0.6) is 0 Å². The molecule has 82 valence electrons. The van der Waals surface area contributed by atoms with Crippen LogP contribution in [0.1, 0.15) is 13.3 Å². The van der Waals surface area contributed by atoms with Crippen molar-refractivity contribution >= 4 is 5.97 Å². The van der Waals surface area contributed by atoms with Gasteiger partial charge in [-0.3, -0.25) is 4.79 Å². The number of carbonyl (C=O) groups is 1. The first-order valence-corrected chi connectivity index (χ1v) is 4.16. The van der Waals surface area contributed by atoms with Gasteiger partial charge in [-0.05, 0) is 13.3 Å². The topological polar surface area (TPSA) is 35.5 Å². The van der Waals surface area contributed by atoms with E-state index in [0.717, 1.165) is 7.11 Å². The van der Waals surface area contributed by atoms with Crippen molar-refractivity contribution in [3.05, 3.63) is 0 Å². The maximum Gasteiger partial charge on any atom is 0.415 e. The standard InChI is InChI=1S/C8H11F3O3/c1-4-3-5(7(12)13-2)6(14-4)8(9,10)11/h4-6H,3H2,1-2H3/t4-,5-,6-/m0/s1. The predicted molar refractivity (Wildman–Crippen MR) is 40.5 cm³/mol. The van der Waals surface area contributed by atoms with Crippen LogP contribution < -0.4 is 0 Å². The van der Waals surface area contributed by atoms with Crippen LogP contribution in [0.2, 0.25) is 0 Å². The lowest BCUT2D eigenvalue weighted by molar-refractivity contribution is -0.225. The molecule has 1 heterocycles. The average molecular weight is 212 g/mol. The summed E-state index contributed by atoms with van der Waals surface area (Å²) in [5, 5.41) is 0. The fraction of sp³-hybridized carbons (Fsp3) is 0.875. The number of methoxy groups -OCH3 is 1. The van der Waals surface area contributed by atoms with E-state index in [1.54, 1.807) is 0 Å². The highest BCUT2D eigenvalue weighted by Gasteiger charge is 2.53. The second-order valence-electron chi connectivity index (χ2n) is 3.27. The molecule has 0 aromatic heterocycles. The Balaban J connectivity index is 2.78. The lowest BCUT2D eigenvalue weighted by Crippen LogP contribution is -2.38. The Labute approximate surface area is 79.2 Å². The third kappa shape index (κ3) is 2.17. The Morgan fingerprint density at radius 1 is 1.50 bits per heavy atom. The van der Waals surface area contributed by atoms with Crippen molar-refractivity contribution in [1.29, 1.82) is 0 Å². The molecule has 14 heavy (non-hydrogen) atoms. The van der Waals surface area contributed by atoms with Crippen LogP contribution in [0, 0.1) is 5.92 Å². The second kappa shape index (κ2) is 3.76. The zero-order valence-electron chi connectivity index (χ0n) is 7.80. The smallest absolute Gasteiger partial charge is 0.415 e. The van der Waals surface area contributed by atoms with Crippen molar-refractivity contribution < 1.29 is 27.4 Å². The minimum Gasteiger partial charge on any atom is -0.469 e. The molecule has 0 bridgehead atoms. The normalized spacial score (nSPS) is 33.1. The molecule has 3 atom stereocenters. The summed E-state index contributed by atoms with van der Waals surface area (Å²) in [5.41, 5.74) is 0. The van der Waals surface area contributed by atoms with E-state index in [4.69, 9.17) is 0 Å². The van der Waals surface area contributed by atoms with Crippen LogP contribution in [-0.2, 0) is 14.3 Å². The van der Waals surface area contributed by atoms with E-state index in [1.807, 2.05) is 0 Å². The molecule has 0 aromatic rings. The number of esters is 1. The maximum absolute atomic E-state index is 12.3. The van der Waals surface area contributed by atoms with E-state index in [0.29, 0.717) is 0 Å². The Kier molecular flexibility index (Phi) is 3.04. The molecular formula is C8H11F3O3. The van der Waals surface area contributed by atoms with Crippen LogP contribution in [0.4, 0.5) is 13.2 Å². The second-order valence-corrected chi connectivity index (χ2v) is 3.27. The van der Waals surface area contributed by atoms with Crippen LogP contribution in [-0.4, -0.2) is 31.5 Å². The van der Waals surface area contributed by atoms with Crippen molar-refractivity contribution in [3.8, 4) is 0 Å². The summed E-state index contributed by atoms with van der Waals surface area (Å²) in [6.07, 6.45) is -7.05. The van der Waals surface area contributed by atoms with Crippen LogP contribution >= 0.6 is 0 Å². The van der Waals surface area contributed by atoms with E-state index in [2.05, 4.69) is 9.47 Å². The first-order valence-electron chi connectivity index (χ1n) is 4.16. The van der Waals surface area contributed by atoms with Gasteiger partial charge in [0, 0.05) is 0 Å².